The number of aromatic nitrogens is 1. The van der Waals surface area contributed by atoms with Gasteiger partial charge in [0.15, 0.2) is 0 Å². The number of para-hydroxylation sites is 1. The summed E-state index contributed by atoms with van der Waals surface area (Å²) in [4.78, 5) is 16.0. The van der Waals surface area contributed by atoms with E-state index in [1.54, 1.807) is 24.4 Å². The Balaban J connectivity index is 2.22. The van der Waals surface area contributed by atoms with Gasteiger partial charge in [-0.2, -0.15) is 0 Å². The Hall–Kier alpha value is -1.87. The number of alkyl halides is 1. The molecule has 1 atom stereocenters. The van der Waals surface area contributed by atoms with Crippen molar-refractivity contribution in [3.8, 4) is 0 Å². The molecule has 1 aromatic heterocycles. The van der Waals surface area contributed by atoms with Crippen molar-refractivity contribution in [1.82, 2.24) is 4.98 Å². The molecule has 1 heterocycles. The lowest BCUT2D eigenvalue weighted by molar-refractivity contribution is 0.102. The fourth-order valence-corrected chi connectivity index (χ4v) is 1.83. The van der Waals surface area contributed by atoms with Crippen LogP contribution in [0.25, 0.3) is 0 Å². The van der Waals surface area contributed by atoms with Crippen LogP contribution in [0.15, 0.2) is 48.7 Å². The summed E-state index contributed by atoms with van der Waals surface area (Å²) in [6.07, 6.45) is 1.59. The van der Waals surface area contributed by atoms with Crippen LogP contribution >= 0.6 is 11.6 Å². The maximum absolute atomic E-state index is 12.0. The molecule has 0 spiro atoms. The van der Waals surface area contributed by atoms with Gasteiger partial charge in [0.1, 0.15) is 5.69 Å². The molecule has 0 aliphatic heterocycles. The Morgan fingerprint density at radius 3 is 2.61 bits per heavy atom. The fourth-order valence-electron chi connectivity index (χ4n) is 1.64. The number of rotatable bonds is 3. The van der Waals surface area contributed by atoms with Gasteiger partial charge in [0, 0.05) is 11.9 Å². The molecule has 0 aliphatic carbocycles. The summed E-state index contributed by atoms with van der Waals surface area (Å²) in [5, 5.41) is 2.66. The number of benzene rings is 1. The first-order chi connectivity index (χ1) is 8.68. The molecule has 1 N–H and O–H groups in total. The number of halogens is 1. The summed E-state index contributed by atoms with van der Waals surface area (Å²) < 4.78 is 0. The number of carbonyl (C=O) groups excluding carboxylic acids is 1. The summed E-state index contributed by atoms with van der Waals surface area (Å²) in [6.45, 7) is 1.87. The second-order valence-electron chi connectivity index (χ2n) is 3.87. The highest BCUT2D eigenvalue weighted by atomic mass is 35.5. The molecule has 0 saturated heterocycles. The van der Waals surface area contributed by atoms with E-state index in [4.69, 9.17) is 11.6 Å². The van der Waals surface area contributed by atoms with Gasteiger partial charge >= 0.3 is 0 Å². The van der Waals surface area contributed by atoms with Gasteiger partial charge in [0.2, 0.25) is 0 Å². The zero-order chi connectivity index (χ0) is 13.0. The van der Waals surface area contributed by atoms with Crippen molar-refractivity contribution < 1.29 is 4.79 Å². The molecule has 18 heavy (non-hydrogen) atoms. The SMILES string of the molecule is CC(Cl)c1ccccc1NC(=O)c1ccccn1. The van der Waals surface area contributed by atoms with E-state index >= 15 is 0 Å². The molecule has 0 bridgehead atoms. The Morgan fingerprint density at radius 1 is 1.22 bits per heavy atom. The average Bonchev–Trinajstić information content (AvgIpc) is 2.40. The number of pyridine rings is 1. The zero-order valence-corrected chi connectivity index (χ0v) is 10.7. The molecule has 0 aliphatic rings. The van der Waals surface area contributed by atoms with Gasteiger partial charge in [-0.05, 0) is 30.7 Å². The summed E-state index contributed by atoms with van der Waals surface area (Å²) in [5.41, 5.74) is 1.99. The van der Waals surface area contributed by atoms with E-state index in [-0.39, 0.29) is 11.3 Å². The van der Waals surface area contributed by atoms with Crippen LogP contribution in [0.4, 0.5) is 5.69 Å². The van der Waals surface area contributed by atoms with Crippen molar-refractivity contribution in [3.05, 3.63) is 59.9 Å². The van der Waals surface area contributed by atoms with Gasteiger partial charge in [-0.25, -0.2) is 0 Å². The van der Waals surface area contributed by atoms with Gasteiger partial charge in [-0.1, -0.05) is 24.3 Å². The maximum Gasteiger partial charge on any atom is 0.274 e. The molecule has 0 radical (unpaired) electrons. The molecule has 1 unspecified atom stereocenters. The van der Waals surface area contributed by atoms with Crippen LogP contribution < -0.4 is 5.32 Å². The molecule has 92 valence electrons. The highest BCUT2D eigenvalue weighted by molar-refractivity contribution is 6.21. The lowest BCUT2D eigenvalue weighted by atomic mass is 10.1. The Morgan fingerprint density at radius 2 is 1.94 bits per heavy atom. The van der Waals surface area contributed by atoms with Crippen molar-refractivity contribution in [2.45, 2.75) is 12.3 Å². The highest BCUT2D eigenvalue weighted by Crippen LogP contribution is 2.27. The molecular weight excluding hydrogens is 248 g/mol. The summed E-state index contributed by atoms with van der Waals surface area (Å²) in [6, 6.07) is 12.7. The van der Waals surface area contributed by atoms with Crippen LogP contribution in [0.1, 0.15) is 28.4 Å². The molecule has 2 rings (SSSR count). The van der Waals surface area contributed by atoms with Crippen molar-refractivity contribution in [2.75, 3.05) is 5.32 Å². The Labute approximate surface area is 111 Å². The molecule has 1 aromatic carbocycles. The predicted molar refractivity (Wildman–Crippen MR) is 72.9 cm³/mol. The molecule has 0 fully saturated rings. The third kappa shape index (κ3) is 2.87. The number of hydrogen-bond acceptors (Lipinski definition) is 2. The van der Waals surface area contributed by atoms with Crippen molar-refractivity contribution >= 4 is 23.2 Å². The summed E-state index contributed by atoms with van der Waals surface area (Å²) in [7, 11) is 0. The molecular formula is C14H13ClN2O. The lowest BCUT2D eigenvalue weighted by Gasteiger charge is -2.12. The molecule has 0 saturated carbocycles. The van der Waals surface area contributed by atoms with Crippen molar-refractivity contribution in [1.29, 1.82) is 0 Å². The average molecular weight is 261 g/mol. The quantitative estimate of drug-likeness (QED) is 0.856. The van der Waals surface area contributed by atoms with E-state index in [1.807, 2.05) is 31.2 Å². The van der Waals surface area contributed by atoms with Crippen LogP contribution in [0.3, 0.4) is 0 Å². The van der Waals surface area contributed by atoms with Gasteiger partial charge in [-0.3, -0.25) is 9.78 Å². The van der Waals surface area contributed by atoms with Crippen LogP contribution in [0, 0.1) is 0 Å². The first-order valence-electron chi connectivity index (χ1n) is 5.64. The first-order valence-corrected chi connectivity index (χ1v) is 6.07. The van der Waals surface area contributed by atoms with Crippen LogP contribution in [0.5, 0.6) is 0 Å². The summed E-state index contributed by atoms with van der Waals surface area (Å²) in [5.74, 6) is -0.236. The van der Waals surface area contributed by atoms with E-state index < -0.39 is 0 Å². The largest absolute Gasteiger partial charge is 0.320 e. The van der Waals surface area contributed by atoms with E-state index in [0.717, 1.165) is 11.3 Å². The minimum Gasteiger partial charge on any atom is -0.320 e. The van der Waals surface area contributed by atoms with E-state index in [9.17, 15) is 4.79 Å². The van der Waals surface area contributed by atoms with Crippen LogP contribution in [-0.2, 0) is 0 Å². The second kappa shape index (κ2) is 5.65. The van der Waals surface area contributed by atoms with Gasteiger partial charge in [-0.15, -0.1) is 11.6 Å². The number of nitrogens with zero attached hydrogens (tertiary/aromatic N) is 1. The van der Waals surface area contributed by atoms with Crippen molar-refractivity contribution in [3.63, 3.8) is 0 Å². The topological polar surface area (TPSA) is 42.0 Å². The third-order valence-corrected chi connectivity index (χ3v) is 2.77. The van der Waals surface area contributed by atoms with Crippen LogP contribution in [0.2, 0.25) is 0 Å². The Kier molecular flexibility index (Phi) is 3.95. The van der Waals surface area contributed by atoms with Crippen LogP contribution in [-0.4, -0.2) is 10.9 Å². The van der Waals surface area contributed by atoms with E-state index in [2.05, 4.69) is 10.3 Å². The normalized spacial score (nSPS) is 11.9. The number of anilines is 1. The first kappa shape index (κ1) is 12.6. The minimum absolute atomic E-state index is 0.162. The van der Waals surface area contributed by atoms with Gasteiger partial charge in [0.25, 0.3) is 5.91 Å². The molecule has 4 heteroatoms. The minimum atomic E-state index is -0.236. The standard InChI is InChI=1S/C14H13ClN2O/c1-10(15)11-6-2-3-7-12(11)17-14(18)13-8-4-5-9-16-13/h2-10H,1H3,(H,17,18). The number of nitrogens with one attached hydrogen (secondary N) is 1. The maximum atomic E-state index is 12.0. The predicted octanol–water partition coefficient (Wildman–Crippen LogP) is 3.63. The molecule has 2 aromatic rings. The molecule has 1 amide bonds. The third-order valence-electron chi connectivity index (χ3n) is 2.54. The van der Waals surface area contributed by atoms with Crippen molar-refractivity contribution in [2.24, 2.45) is 0 Å². The second-order valence-corrected chi connectivity index (χ2v) is 4.53. The zero-order valence-electron chi connectivity index (χ0n) is 9.93. The fraction of sp³-hybridized carbons (Fsp3) is 0.143. The summed E-state index contributed by atoms with van der Waals surface area (Å²) >= 11 is 6.07. The Bertz CT molecular complexity index is 541. The number of amides is 1. The molecule has 3 nitrogen and oxygen atoms in total. The lowest BCUT2D eigenvalue weighted by Crippen LogP contribution is -2.14. The number of hydrogen-bond donors (Lipinski definition) is 1. The monoisotopic (exact) mass is 260 g/mol. The highest BCUT2D eigenvalue weighted by Gasteiger charge is 2.11. The smallest absolute Gasteiger partial charge is 0.274 e. The number of carbonyl (C=O) groups is 1. The van der Waals surface area contributed by atoms with E-state index in [0.29, 0.717) is 5.69 Å². The van der Waals surface area contributed by atoms with Gasteiger partial charge < -0.3 is 5.32 Å². The van der Waals surface area contributed by atoms with Gasteiger partial charge in [0.05, 0.1) is 5.38 Å². The van der Waals surface area contributed by atoms with E-state index in [1.165, 1.54) is 0 Å².